The molecule has 106 valence electrons. The number of likely N-dealkylation sites (tertiary alicyclic amines) is 1. The van der Waals surface area contributed by atoms with Gasteiger partial charge in [-0.25, -0.2) is 0 Å². The van der Waals surface area contributed by atoms with Gasteiger partial charge in [0, 0.05) is 11.6 Å². The number of para-hydroxylation sites is 1. The van der Waals surface area contributed by atoms with E-state index in [9.17, 15) is 0 Å². The maximum absolute atomic E-state index is 6.49. The predicted molar refractivity (Wildman–Crippen MR) is 79.6 cm³/mol. The molecule has 0 radical (unpaired) electrons. The molecule has 0 bridgehead atoms. The summed E-state index contributed by atoms with van der Waals surface area (Å²) in [4.78, 5) is 2.52. The van der Waals surface area contributed by atoms with Gasteiger partial charge in [0.2, 0.25) is 0 Å². The molecule has 0 spiro atoms. The van der Waals surface area contributed by atoms with Gasteiger partial charge in [0.05, 0.1) is 7.11 Å². The maximum Gasteiger partial charge on any atom is 0.122 e. The van der Waals surface area contributed by atoms with E-state index in [1.807, 2.05) is 18.2 Å². The van der Waals surface area contributed by atoms with Crippen molar-refractivity contribution in [1.82, 2.24) is 4.90 Å². The number of methoxy groups -OCH3 is 1. The highest BCUT2D eigenvalue weighted by Crippen LogP contribution is 2.27. The molecule has 2 rings (SSSR count). The molecule has 1 aliphatic heterocycles. The summed E-state index contributed by atoms with van der Waals surface area (Å²) in [5.74, 6) is 0.940. The van der Waals surface area contributed by atoms with Crippen LogP contribution in [-0.2, 0) is 6.42 Å². The Bertz CT molecular complexity index is 411. The molecule has 0 aromatic heterocycles. The van der Waals surface area contributed by atoms with Crippen LogP contribution in [0.25, 0.3) is 0 Å². The van der Waals surface area contributed by atoms with Crippen molar-refractivity contribution < 1.29 is 4.74 Å². The van der Waals surface area contributed by atoms with Gasteiger partial charge < -0.3 is 10.5 Å². The molecular formula is C16H26N2O. The molecule has 0 aliphatic carbocycles. The van der Waals surface area contributed by atoms with Crippen LogP contribution in [0.5, 0.6) is 5.75 Å². The molecule has 1 aliphatic rings. The van der Waals surface area contributed by atoms with Crippen molar-refractivity contribution in [3.63, 3.8) is 0 Å². The first-order chi connectivity index (χ1) is 9.05. The Hall–Kier alpha value is -1.06. The monoisotopic (exact) mass is 262 g/mol. The Labute approximate surface area is 116 Å². The summed E-state index contributed by atoms with van der Waals surface area (Å²) < 4.78 is 5.42. The topological polar surface area (TPSA) is 38.5 Å². The fourth-order valence-electron chi connectivity index (χ4n) is 2.89. The second-order valence-electron chi connectivity index (χ2n) is 5.97. The van der Waals surface area contributed by atoms with E-state index in [1.54, 1.807) is 7.11 Å². The first-order valence-corrected chi connectivity index (χ1v) is 7.18. The van der Waals surface area contributed by atoms with Crippen molar-refractivity contribution in [3.05, 3.63) is 29.8 Å². The zero-order valence-electron chi connectivity index (χ0n) is 12.4. The lowest BCUT2D eigenvalue weighted by molar-refractivity contribution is 0.123. The third kappa shape index (κ3) is 3.10. The fourth-order valence-corrected chi connectivity index (χ4v) is 2.89. The fraction of sp³-hybridized carbons (Fsp3) is 0.625. The normalized spacial score (nSPS) is 18.5. The summed E-state index contributed by atoms with van der Waals surface area (Å²) in [5.41, 5.74) is 7.73. The van der Waals surface area contributed by atoms with Crippen molar-refractivity contribution in [2.75, 3.05) is 20.2 Å². The van der Waals surface area contributed by atoms with Gasteiger partial charge in [-0.15, -0.1) is 0 Å². The van der Waals surface area contributed by atoms with E-state index in [2.05, 4.69) is 24.8 Å². The predicted octanol–water partition coefficient (Wildman–Crippen LogP) is 2.44. The molecule has 19 heavy (non-hydrogen) atoms. The van der Waals surface area contributed by atoms with Gasteiger partial charge in [-0.3, -0.25) is 4.90 Å². The molecular weight excluding hydrogens is 236 g/mol. The number of hydrogen-bond acceptors (Lipinski definition) is 3. The number of benzene rings is 1. The zero-order chi connectivity index (χ0) is 13.9. The summed E-state index contributed by atoms with van der Waals surface area (Å²) in [5, 5.41) is 0. The Balaban J connectivity index is 2.09. The van der Waals surface area contributed by atoms with Crippen LogP contribution in [0.2, 0.25) is 0 Å². The second-order valence-corrected chi connectivity index (χ2v) is 5.97. The zero-order valence-corrected chi connectivity index (χ0v) is 12.4. The number of hydrogen-bond donors (Lipinski definition) is 1. The van der Waals surface area contributed by atoms with Gasteiger partial charge in [0.15, 0.2) is 0 Å². The molecule has 2 N–H and O–H groups in total. The number of nitrogens with two attached hydrogens (primary N) is 1. The summed E-state index contributed by atoms with van der Waals surface area (Å²) in [6, 6.07) is 8.28. The molecule has 0 saturated carbocycles. The number of nitrogens with zero attached hydrogens (tertiary/aromatic N) is 1. The third-order valence-electron chi connectivity index (χ3n) is 4.46. The van der Waals surface area contributed by atoms with Crippen LogP contribution in [0.15, 0.2) is 24.3 Å². The van der Waals surface area contributed by atoms with Crippen LogP contribution in [0.1, 0.15) is 32.3 Å². The first-order valence-electron chi connectivity index (χ1n) is 7.18. The molecule has 1 unspecified atom stereocenters. The first kappa shape index (κ1) is 14.4. The Morgan fingerprint density at radius 2 is 1.89 bits per heavy atom. The minimum atomic E-state index is 0.0390. The Morgan fingerprint density at radius 3 is 2.53 bits per heavy atom. The van der Waals surface area contributed by atoms with Crippen molar-refractivity contribution in [2.24, 2.45) is 5.73 Å². The lowest BCUT2D eigenvalue weighted by Gasteiger charge is -2.40. The maximum atomic E-state index is 6.49. The van der Waals surface area contributed by atoms with Crippen LogP contribution in [0.4, 0.5) is 0 Å². The van der Waals surface area contributed by atoms with E-state index in [-0.39, 0.29) is 11.6 Å². The van der Waals surface area contributed by atoms with Crippen LogP contribution >= 0.6 is 0 Å². The molecule has 1 aromatic rings. The number of rotatable bonds is 5. The Morgan fingerprint density at radius 1 is 1.26 bits per heavy atom. The Kier molecular flexibility index (Phi) is 4.48. The van der Waals surface area contributed by atoms with Crippen LogP contribution in [-0.4, -0.2) is 36.7 Å². The molecule has 3 heteroatoms. The van der Waals surface area contributed by atoms with Crippen LogP contribution in [0, 0.1) is 0 Å². The van der Waals surface area contributed by atoms with E-state index in [0.29, 0.717) is 0 Å². The molecule has 1 atom stereocenters. The van der Waals surface area contributed by atoms with Gasteiger partial charge in [0.25, 0.3) is 0 Å². The highest BCUT2D eigenvalue weighted by molar-refractivity contribution is 5.34. The van der Waals surface area contributed by atoms with E-state index in [0.717, 1.165) is 12.2 Å². The minimum Gasteiger partial charge on any atom is -0.496 e. The van der Waals surface area contributed by atoms with Gasteiger partial charge in [0.1, 0.15) is 5.75 Å². The molecule has 1 saturated heterocycles. The molecule has 1 aromatic carbocycles. The van der Waals surface area contributed by atoms with Gasteiger partial charge in [-0.1, -0.05) is 18.2 Å². The highest BCUT2D eigenvalue weighted by Gasteiger charge is 2.34. The standard InChI is InChI=1S/C16H26N2O/c1-16(2,18-10-6-7-11-18)15(17)12-13-8-4-5-9-14(13)19-3/h4-5,8-9,15H,6-7,10-12,17H2,1-3H3. The van der Waals surface area contributed by atoms with Crippen LogP contribution in [0.3, 0.4) is 0 Å². The summed E-state index contributed by atoms with van der Waals surface area (Å²) in [7, 11) is 1.72. The largest absolute Gasteiger partial charge is 0.496 e. The SMILES string of the molecule is COc1ccccc1CC(N)C(C)(C)N1CCCC1. The van der Waals surface area contributed by atoms with Crippen molar-refractivity contribution in [1.29, 1.82) is 0 Å². The quantitative estimate of drug-likeness (QED) is 0.886. The van der Waals surface area contributed by atoms with Crippen LogP contribution < -0.4 is 10.5 Å². The van der Waals surface area contributed by atoms with Crippen molar-refractivity contribution in [3.8, 4) is 5.75 Å². The van der Waals surface area contributed by atoms with E-state index < -0.39 is 0 Å². The van der Waals surface area contributed by atoms with Gasteiger partial charge >= 0.3 is 0 Å². The van der Waals surface area contributed by atoms with Gasteiger partial charge in [-0.2, -0.15) is 0 Å². The van der Waals surface area contributed by atoms with E-state index in [4.69, 9.17) is 10.5 Å². The van der Waals surface area contributed by atoms with E-state index >= 15 is 0 Å². The smallest absolute Gasteiger partial charge is 0.122 e. The second kappa shape index (κ2) is 5.93. The molecule has 1 fully saturated rings. The average molecular weight is 262 g/mol. The van der Waals surface area contributed by atoms with Crippen molar-refractivity contribution in [2.45, 2.75) is 44.7 Å². The molecule has 0 amide bonds. The lowest BCUT2D eigenvalue weighted by atomic mass is 9.88. The number of ether oxygens (including phenoxy) is 1. The lowest BCUT2D eigenvalue weighted by Crippen LogP contribution is -2.55. The minimum absolute atomic E-state index is 0.0390. The summed E-state index contributed by atoms with van der Waals surface area (Å²) in [6.07, 6.45) is 3.45. The van der Waals surface area contributed by atoms with Gasteiger partial charge in [-0.05, 0) is 57.8 Å². The average Bonchev–Trinajstić information content (AvgIpc) is 2.93. The summed E-state index contributed by atoms with van der Waals surface area (Å²) in [6.45, 7) is 6.87. The third-order valence-corrected chi connectivity index (χ3v) is 4.46. The van der Waals surface area contributed by atoms with E-state index in [1.165, 1.54) is 31.5 Å². The highest BCUT2D eigenvalue weighted by atomic mass is 16.5. The summed E-state index contributed by atoms with van der Waals surface area (Å²) >= 11 is 0. The van der Waals surface area contributed by atoms with Crippen molar-refractivity contribution >= 4 is 0 Å². The molecule has 3 nitrogen and oxygen atoms in total. The molecule has 1 heterocycles.